The van der Waals surface area contributed by atoms with E-state index in [4.69, 9.17) is 0 Å². The Morgan fingerprint density at radius 2 is 1.94 bits per heavy atom. The number of rotatable bonds is 10. The highest BCUT2D eigenvalue weighted by Crippen LogP contribution is 2.35. The van der Waals surface area contributed by atoms with Crippen LogP contribution in [0.15, 0.2) is 0 Å². The maximum Gasteiger partial charge on any atom is 0.214 e. The summed E-state index contributed by atoms with van der Waals surface area (Å²) in [6.45, 7) is 6.10. The molecule has 0 saturated heterocycles. The lowest BCUT2D eigenvalue weighted by atomic mass is 10.2. The Morgan fingerprint density at radius 3 is 2.50 bits per heavy atom. The van der Waals surface area contributed by atoms with Crippen molar-refractivity contribution in [1.29, 1.82) is 0 Å². The van der Waals surface area contributed by atoms with Crippen molar-refractivity contribution >= 4 is 10.0 Å². The summed E-state index contributed by atoms with van der Waals surface area (Å²) in [5.41, 5.74) is 0. The molecule has 18 heavy (non-hydrogen) atoms. The maximum absolute atomic E-state index is 12.1. The van der Waals surface area contributed by atoms with Crippen molar-refractivity contribution in [3.8, 4) is 0 Å². The van der Waals surface area contributed by atoms with Crippen LogP contribution in [0.2, 0.25) is 0 Å². The molecule has 0 aromatic heterocycles. The molecular formula is C13H28N2O2S. The van der Waals surface area contributed by atoms with E-state index in [0.717, 1.165) is 32.4 Å². The Kier molecular flexibility index (Phi) is 6.60. The molecule has 1 aliphatic rings. The van der Waals surface area contributed by atoms with E-state index in [1.54, 1.807) is 11.4 Å². The summed E-state index contributed by atoms with van der Waals surface area (Å²) in [5.74, 6) is 0.880. The van der Waals surface area contributed by atoms with E-state index >= 15 is 0 Å². The highest BCUT2D eigenvalue weighted by atomic mass is 32.2. The van der Waals surface area contributed by atoms with Crippen LogP contribution in [0.5, 0.6) is 0 Å². The molecule has 0 aromatic carbocycles. The number of hydrogen-bond donors (Lipinski definition) is 1. The lowest BCUT2D eigenvalue weighted by Gasteiger charge is -2.24. The van der Waals surface area contributed by atoms with Gasteiger partial charge in [0, 0.05) is 13.1 Å². The smallest absolute Gasteiger partial charge is 0.214 e. The third-order valence-corrected chi connectivity index (χ3v) is 5.76. The molecule has 108 valence electrons. The molecule has 1 N–H and O–H groups in total. The topological polar surface area (TPSA) is 49.4 Å². The monoisotopic (exact) mass is 276 g/mol. The van der Waals surface area contributed by atoms with Crippen LogP contribution >= 0.6 is 0 Å². The molecule has 0 radical (unpaired) electrons. The third kappa shape index (κ3) is 5.24. The number of nitrogens with zero attached hydrogens (tertiary/aromatic N) is 1. The summed E-state index contributed by atoms with van der Waals surface area (Å²) < 4.78 is 25.8. The Morgan fingerprint density at radius 1 is 1.28 bits per heavy atom. The fourth-order valence-corrected chi connectivity index (χ4v) is 3.64. The molecule has 1 aliphatic carbocycles. The first-order valence-corrected chi connectivity index (χ1v) is 8.76. The van der Waals surface area contributed by atoms with Crippen molar-refractivity contribution < 1.29 is 8.42 Å². The fourth-order valence-electron chi connectivity index (χ4n) is 2.11. The Hall–Kier alpha value is -0.130. The second-order valence-electron chi connectivity index (χ2n) is 5.37. The maximum atomic E-state index is 12.1. The molecule has 1 unspecified atom stereocenters. The quantitative estimate of drug-likeness (QED) is 0.619. The van der Waals surface area contributed by atoms with Gasteiger partial charge in [0.25, 0.3) is 0 Å². The predicted molar refractivity (Wildman–Crippen MR) is 76.1 cm³/mol. The molecule has 1 rings (SSSR count). The van der Waals surface area contributed by atoms with Gasteiger partial charge in [-0.3, -0.25) is 0 Å². The van der Waals surface area contributed by atoms with E-state index in [2.05, 4.69) is 12.2 Å². The highest BCUT2D eigenvalue weighted by molar-refractivity contribution is 7.89. The Bertz CT molecular complexity index is 326. The molecule has 5 heteroatoms. The molecule has 0 aromatic rings. The van der Waals surface area contributed by atoms with E-state index in [-0.39, 0.29) is 11.8 Å². The summed E-state index contributed by atoms with van der Waals surface area (Å²) in [6, 6.07) is 0.174. The molecule has 0 heterocycles. The SMILES string of the molecule is CCCNCCCCS(=O)(=O)N(C)C(C)C1CC1. The van der Waals surface area contributed by atoms with E-state index in [9.17, 15) is 8.42 Å². The lowest BCUT2D eigenvalue weighted by Crippen LogP contribution is -2.38. The molecule has 1 fully saturated rings. The Labute approximate surface area is 112 Å². The van der Waals surface area contributed by atoms with Gasteiger partial charge in [-0.1, -0.05) is 6.92 Å². The minimum absolute atomic E-state index is 0.174. The van der Waals surface area contributed by atoms with Gasteiger partial charge in [-0.15, -0.1) is 0 Å². The number of nitrogens with one attached hydrogen (secondary N) is 1. The van der Waals surface area contributed by atoms with Crippen LogP contribution in [0.25, 0.3) is 0 Å². The third-order valence-electron chi connectivity index (χ3n) is 3.75. The molecule has 0 aliphatic heterocycles. The highest BCUT2D eigenvalue weighted by Gasteiger charge is 2.34. The Balaban J connectivity index is 2.21. The van der Waals surface area contributed by atoms with Crippen molar-refractivity contribution in [3.05, 3.63) is 0 Å². The van der Waals surface area contributed by atoms with Crippen LogP contribution in [0.3, 0.4) is 0 Å². The van der Waals surface area contributed by atoms with E-state index < -0.39 is 10.0 Å². The number of hydrogen-bond acceptors (Lipinski definition) is 3. The predicted octanol–water partition coefficient (Wildman–Crippen LogP) is 1.83. The largest absolute Gasteiger partial charge is 0.317 e. The minimum Gasteiger partial charge on any atom is -0.317 e. The zero-order valence-electron chi connectivity index (χ0n) is 12.0. The van der Waals surface area contributed by atoms with Gasteiger partial charge in [0.1, 0.15) is 0 Å². The second kappa shape index (κ2) is 7.46. The van der Waals surface area contributed by atoms with Gasteiger partial charge in [0.2, 0.25) is 10.0 Å². The van der Waals surface area contributed by atoms with Gasteiger partial charge < -0.3 is 5.32 Å². The van der Waals surface area contributed by atoms with E-state index in [1.165, 1.54) is 12.8 Å². The van der Waals surface area contributed by atoms with Crippen LogP contribution in [-0.4, -0.2) is 44.7 Å². The average Bonchev–Trinajstić information content (AvgIpc) is 3.15. The van der Waals surface area contributed by atoms with Gasteiger partial charge in [-0.05, 0) is 58.0 Å². The molecule has 0 spiro atoms. The standard InChI is InChI=1S/C13H28N2O2S/c1-4-9-14-10-5-6-11-18(16,17)15(3)12(2)13-7-8-13/h12-14H,4-11H2,1-3H3. The molecule has 1 atom stereocenters. The van der Waals surface area contributed by atoms with Crippen LogP contribution < -0.4 is 5.32 Å². The molecular weight excluding hydrogens is 248 g/mol. The first kappa shape index (κ1) is 15.9. The summed E-state index contributed by atoms with van der Waals surface area (Å²) in [4.78, 5) is 0. The van der Waals surface area contributed by atoms with Crippen molar-refractivity contribution in [2.75, 3.05) is 25.9 Å². The molecule has 1 saturated carbocycles. The minimum atomic E-state index is -3.05. The zero-order valence-corrected chi connectivity index (χ0v) is 12.8. The summed E-state index contributed by atoms with van der Waals surface area (Å²) in [6.07, 6.45) is 5.18. The van der Waals surface area contributed by atoms with Gasteiger partial charge in [-0.2, -0.15) is 0 Å². The van der Waals surface area contributed by atoms with Crippen LogP contribution in [-0.2, 0) is 10.0 Å². The lowest BCUT2D eigenvalue weighted by molar-refractivity contribution is 0.356. The van der Waals surface area contributed by atoms with Crippen molar-refractivity contribution in [3.63, 3.8) is 0 Å². The molecule has 0 bridgehead atoms. The van der Waals surface area contributed by atoms with Gasteiger partial charge in [0.15, 0.2) is 0 Å². The average molecular weight is 276 g/mol. The zero-order chi connectivity index (χ0) is 13.6. The summed E-state index contributed by atoms with van der Waals surface area (Å²) in [5, 5.41) is 3.29. The summed E-state index contributed by atoms with van der Waals surface area (Å²) >= 11 is 0. The number of sulfonamides is 1. The van der Waals surface area contributed by atoms with Crippen LogP contribution in [0, 0.1) is 5.92 Å². The number of unbranched alkanes of at least 4 members (excludes halogenated alkanes) is 1. The fraction of sp³-hybridized carbons (Fsp3) is 1.00. The first-order valence-electron chi connectivity index (χ1n) is 7.15. The van der Waals surface area contributed by atoms with Crippen LogP contribution in [0.4, 0.5) is 0 Å². The van der Waals surface area contributed by atoms with E-state index in [1.807, 2.05) is 6.92 Å². The first-order chi connectivity index (χ1) is 8.49. The van der Waals surface area contributed by atoms with Crippen LogP contribution in [0.1, 0.15) is 46.0 Å². The van der Waals surface area contributed by atoms with Gasteiger partial charge in [-0.25, -0.2) is 12.7 Å². The normalized spacial score (nSPS) is 18.2. The van der Waals surface area contributed by atoms with Gasteiger partial charge in [0.05, 0.1) is 5.75 Å². The second-order valence-corrected chi connectivity index (χ2v) is 7.52. The van der Waals surface area contributed by atoms with Crippen molar-refractivity contribution in [1.82, 2.24) is 9.62 Å². The van der Waals surface area contributed by atoms with Crippen molar-refractivity contribution in [2.45, 2.75) is 52.0 Å². The van der Waals surface area contributed by atoms with E-state index in [0.29, 0.717) is 5.92 Å². The van der Waals surface area contributed by atoms with Gasteiger partial charge >= 0.3 is 0 Å². The molecule has 4 nitrogen and oxygen atoms in total. The van der Waals surface area contributed by atoms with Crippen molar-refractivity contribution in [2.24, 2.45) is 5.92 Å². The summed E-state index contributed by atoms with van der Waals surface area (Å²) in [7, 11) is -1.32. The molecule has 0 amide bonds.